The van der Waals surface area contributed by atoms with Crippen LogP contribution < -0.4 is 9.47 Å². The summed E-state index contributed by atoms with van der Waals surface area (Å²) in [5.41, 5.74) is -4.13. The van der Waals surface area contributed by atoms with Gasteiger partial charge in [0.05, 0.1) is 24.1 Å². The summed E-state index contributed by atoms with van der Waals surface area (Å²) in [5, 5.41) is 41.0. The molecule has 0 saturated carbocycles. The number of esters is 2. The Labute approximate surface area is 343 Å². The average molecular weight is 849 g/mol. The topological polar surface area (TPSA) is 291 Å². The third-order valence-corrected chi connectivity index (χ3v) is 8.60. The van der Waals surface area contributed by atoms with Gasteiger partial charge in [-0.3, -0.25) is 20.2 Å². The molecule has 0 aliphatic carbocycles. The summed E-state index contributed by atoms with van der Waals surface area (Å²) in [6.07, 6.45) is -0.508. The zero-order valence-electron chi connectivity index (χ0n) is 34.3. The molecule has 2 heterocycles. The standard InChI is InChI=1S/C20H26N2O9.C18H22N2O9/c1-20(2,3)31-19(25)21-8-6-13(7-9-21)30-16-14(17(23)28-4)10-12(22(26)27)11-15(16)18(24)29-5;1-18(2,3)29-17(25)19-6-4-11(5-7-19)28-14-12(15(21)22)8-10(20(26)27)9-13(14)16(23)24/h10-11,13H,6-9H2,1-5H3;8-9,11H,4-7H2,1-3H3,(H,21,22)(H,23,24). The third-order valence-electron chi connectivity index (χ3n) is 8.60. The lowest BCUT2D eigenvalue weighted by Crippen LogP contribution is -2.44. The highest BCUT2D eigenvalue weighted by atomic mass is 16.6. The molecule has 2 aromatic rings. The molecule has 4 rings (SSSR count). The number of piperidine rings is 2. The lowest BCUT2D eigenvalue weighted by Gasteiger charge is -2.33. The average Bonchev–Trinajstić information content (AvgIpc) is 3.16. The SMILES string of the molecule is CC(C)(C)OC(=O)N1CCC(Oc2c(C(=O)O)cc([N+](=O)[O-])cc2C(=O)O)CC1.COC(=O)c1cc([N+](=O)[O-])cc(C(=O)OC)c1OC1CCN(C(=O)OC(C)(C)C)CC1. The van der Waals surface area contributed by atoms with E-state index in [1.807, 2.05) is 0 Å². The lowest BCUT2D eigenvalue weighted by molar-refractivity contribution is -0.385. The molecule has 0 bridgehead atoms. The van der Waals surface area contributed by atoms with Crippen molar-refractivity contribution in [1.29, 1.82) is 0 Å². The molecule has 22 heteroatoms. The Morgan fingerprint density at radius 3 is 1.12 bits per heavy atom. The molecule has 60 heavy (non-hydrogen) atoms. The Kier molecular flexibility index (Phi) is 15.7. The number of carboxylic acid groups (broad SMARTS) is 2. The second-order valence-electron chi connectivity index (χ2n) is 15.4. The van der Waals surface area contributed by atoms with Crippen molar-refractivity contribution in [2.45, 2.75) is 90.6 Å². The van der Waals surface area contributed by atoms with Gasteiger partial charge in [-0.1, -0.05) is 0 Å². The molecule has 2 saturated heterocycles. The minimum absolute atomic E-state index is 0.153. The number of ether oxygens (including phenoxy) is 6. The van der Waals surface area contributed by atoms with Crippen LogP contribution in [-0.4, -0.2) is 130 Å². The van der Waals surface area contributed by atoms with Crippen molar-refractivity contribution in [1.82, 2.24) is 9.80 Å². The molecule has 0 aromatic heterocycles. The third kappa shape index (κ3) is 13.1. The summed E-state index contributed by atoms with van der Waals surface area (Å²) >= 11 is 0. The van der Waals surface area contributed by atoms with Gasteiger partial charge in [-0.25, -0.2) is 28.8 Å². The predicted octanol–water partition coefficient (Wildman–Crippen LogP) is 5.72. The maximum absolute atomic E-state index is 12.2. The van der Waals surface area contributed by atoms with E-state index in [2.05, 4.69) is 0 Å². The van der Waals surface area contributed by atoms with E-state index in [0.29, 0.717) is 38.8 Å². The summed E-state index contributed by atoms with van der Waals surface area (Å²) in [5.74, 6) is -5.47. The van der Waals surface area contributed by atoms with Crippen molar-refractivity contribution >= 4 is 47.4 Å². The maximum atomic E-state index is 12.2. The van der Waals surface area contributed by atoms with Crippen LogP contribution in [0.25, 0.3) is 0 Å². The number of rotatable bonds is 10. The Hall–Kier alpha value is -6.74. The van der Waals surface area contributed by atoms with Crippen molar-refractivity contribution in [2.24, 2.45) is 0 Å². The van der Waals surface area contributed by atoms with E-state index >= 15 is 0 Å². The van der Waals surface area contributed by atoms with Crippen LogP contribution in [0.1, 0.15) is 109 Å². The van der Waals surface area contributed by atoms with Gasteiger partial charge < -0.3 is 48.4 Å². The first-order valence-electron chi connectivity index (χ1n) is 18.4. The highest BCUT2D eigenvalue weighted by Crippen LogP contribution is 2.34. The molecular formula is C38H48N4O18. The van der Waals surface area contributed by atoms with Gasteiger partial charge in [-0.05, 0) is 41.5 Å². The molecule has 0 radical (unpaired) electrons. The monoisotopic (exact) mass is 848 g/mol. The Morgan fingerprint density at radius 2 is 0.867 bits per heavy atom. The number of carbonyl (C=O) groups excluding carboxylic acids is 4. The van der Waals surface area contributed by atoms with E-state index < -0.39 is 97.6 Å². The fourth-order valence-corrected chi connectivity index (χ4v) is 5.83. The van der Waals surface area contributed by atoms with Crippen molar-refractivity contribution < 1.29 is 77.2 Å². The van der Waals surface area contributed by atoms with E-state index in [1.54, 1.807) is 46.4 Å². The summed E-state index contributed by atoms with van der Waals surface area (Å²) in [6.45, 7) is 11.8. The molecular weight excluding hydrogens is 800 g/mol. The minimum atomic E-state index is -1.54. The van der Waals surface area contributed by atoms with Crippen LogP contribution in [0, 0.1) is 20.2 Å². The number of amides is 2. The van der Waals surface area contributed by atoms with Gasteiger partial charge in [0.1, 0.15) is 57.2 Å². The molecule has 2 aromatic carbocycles. The van der Waals surface area contributed by atoms with Crippen molar-refractivity contribution in [2.75, 3.05) is 40.4 Å². The van der Waals surface area contributed by atoms with Crippen LogP contribution in [0.15, 0.2) is 24.3 Å². The molecule has 2 aliphatic rings. The zero-order chi connectivity index (χ0) is 45.3. The number of benzene rings is 2. The highest BCUT2D eigenvalue weighted by Gasteiger charge is 2.34. The van der Waals surface area contributed by atoms with Gasteiger partial charge in [0.2, 0.25) is 0 Å². The molecule has 2 N–H and O–H groups in total. The Balaban J connectivity index is 0.000000321. The summed E-state index contributed by atoms with van der Waals surface area (Å²) in [7, 11) is 2.23. The Bertz CT molecular complexity index is 1920. The second kappa shape index (κ2) is 19.8. The number of likely N-dealkylation sites (tertiary alicyclic amines) is 2. The Morgan fingerprint density at radius 1 is 0.583 bits per heavy atom. The van der Waals surface area contributed by atoms with Gasteiger partial charge in [-0.15, -0.1) is 0 Å². The van der Waals surface area contributed by atoms with E-state index in [-0.39, 0.29) is 30.0 Å². The number of nitro benzene ring substituents is 2. The summed E-state index contributed by atoms with van der Waals surface area (Å²) < 4.78 is 31.6. The number of nitrogens with zero attached hydrogens (tertiary/aromatic N) is 4. The van der Waals surface area contributed by atoms with Crippen LogP contribution in [0.5, 0.6) is 11.5 Å². The first-order valence-corrected chi connectivity index (χ1v) is 18.4. The number of hydrogen-bond donors (Lipinski definition) is 2. The molecule has 0 spiro atoms. The van der Waals surface area contributed by atoms with Crippen molar-refractivity contribution in [3.8, 4) is 11.5 Å². The second-order valence-corrected chi connectivity index (χ2v) is 15.4. The number of methoxy groups -OCH3 is 2. The van der Waals surface area contributed by atoms with E-state index in [9.17, 15) is 59.2 Å². The predicted molar refractivity (Wildman–Crippen MR) is 206 cm³/mol. The fourth-order valence-electron chi connectivity index (χ4n) is 5.83. The molecule has 2 amide bonds. The smallest absolute Gasteiger partial charge is 0.410 e. The number of carboxylic acids is 2. The maximum Gasteiger partial charge on any atom is 0.410 e. The normalized spacial score (nSPS) is 14.7. The van der Waals surface area contributed by atoms with Crippen LogP contribution in [0.3, 0.4) is 0 Å². The quantitative estimate of drug-likeness (QED) is 0.125. The van der Waals surface area contributed by atoms with Crippen molar-refractivity contribution in [3.63, 3.8) is 0 Å². The molecule has 2 aliphatic heterocycles. The molecule has 0 atom stereocenters. The van der Waals surface area contributed by atoms with Crippen LogP contribution in [0.4, 0.5) is 21.0 Å². The van der Waals surface area contributed by atoms with E-state index in [4.69, 9.17) is 28.4 Å². The highest BCUT2D eigenvalue weighted by molar-refractivity contribution is 6.01. The number of carbonyl (C=O) groups is 6. The van der Waals surface area contributed by atoms with Crippen LogP contribution in [0.2, 0.25) is 0 Å². The van der Waals surface area contributed by atoms with Gasteiger partial charge in [-0.2, -0.15) is 0 Å². The first-order chi connectivity index (χ1) is 27.8. The van der Waals surface area contributed by atoms with E-state index in [1.165, 1.54) is 4.90 Å². The number of nitro groups is 2. The minimum Gasteiger partial charge on any atom is -0.488 e. The number of hydrogen-bond acceptors (Lipinski definition) is 16. The number of non-ortho nitro benzene ring substituents is 2. The van der Waals surface area contributed by atoms with Gasteiger partial charge in [0.15, 0.2) is 0 Å². The zero-order valence-corrected chi connectivity index (χ0v) is 34.3. The molecule has 328 valence electrons. The first kappa shape index (κ1) is 47.6. The van der Waals surface area contributed by atoms with Crippen LogP contribution >= 0.6 is 0 Å². The largest absolute Gasteiger partial charge is 0.488 e. The fraction of sp³-hybridized carbons (Fsp3) is 0.526. The molecule has 22 nitrogen and oxygen atoms in total. The van der Waals surface area contributed by atoms with Gasteiger partial charge in [0.25, 0.3) is 11.4 Å². The summed E-state index contributed by atoms with van der Waals surface area (Å²) in [4.78, 5) is 95.5. The number of aromatic carboxylic acids is 2. The lowest BCUT2D eigenvalue weighted by atomic mass is 10.0. The molecule has 2 fully saturated rings. The van der Waals surface area contributed by atoms with Crippen molar-refractivity contribution in [3.05, 3.63) is 66.7 Å². The van der Waals surface area contributed by atoms with Crippen LogP contribution in [-0.2, 0) is 18.9 Å². The van der Waals surface area contributed by atoms with Gasteiger partial charge in [0, 0.05) is 76.1 Å². The van der Waals surface area contributed by atoms with Gasteiger partial charge >= 0.3 is 36.1 Å². The summed E-state index contributed by atoms with van der Waals surface area (Å²) in [6, 6.07) is 3.51. The molecule has 0 unspecified atom stereocenters. The van der Waals surface area contributed by atoms with E-state index in [0.717, 1.165) is 38.5 Å².